The molecule has 9 heteroatoms. The average Bonchev–Trinajstić information content (AvgIpc) is 2.94. The van der Waals surface area contributed by atoms with Crippen molar-refractivity contribution in [3.63, 3.8) is 0 Å². The number of ether oxygens (including phenoxy) is 1. The Balaban J connectivity index is 1.66. The largest absolute Gasteiger partial charge is 0.495 e. The van der Waals surface area contributed by atoms with Crippen LogP contribution in [0.1, 0.15) is 5.82 Å². The molecule has 0 aliphatic heterocycles. The maximum absolute atomic E-state index is 12.2. The standard InChI is InChI=1S/C15H14ClN5O2S/c1-9-18-19-13-5-6-15(20-21(9)13)24-8-14(22)17-11-7-10(16)3-4-12(11)23-2/h3-7H,8H2,1-2H3,(H,17,22). The van der Waals surface area contributed by atoms with Crippen LogP contribution in [0.25, 0.3) is 5.65 Å². The summed E-state index contributed by atoms with van der Waals surface area (Å²) in [5.74, 6) is 1.27. The van der Waals surface area contributed by atoms with Crippen LogP contribution in [0.2, 0.25) is 5.02 Å². The van der Waals surface area contributed by atoms with E-state index < -0.39 is 0 Å². The predicted octanol–water partition coefficient (Wildman–Crippen LogP) is 2.83. The Morgan fingerprint density at radius 3 is 2.96 bits per heavy atom. The zero-order valence-electron chi connectivity index (χ0n) is 13.0. The van der Waals surface area contributed by atoms with Gasteiger partial charge in [-0.3, -0.25) is 4.79 Å². The molecule has 1 N–H and O–H groups in total. The number of benzene rings is 1. The first-order valence-corrected chi connectivity index (χ1v) is 8.38. The van der Waals surface area contributed by atoms with Gasteiger partial charge in [-0.05, 0) is 37.3 Å². The molecule has 0 saturated carbocycles. The van der Waals surface area contributed by atoms with Crippen LogP contribution >= 0.6 is 23.4 Å². The van der Waals surface area contributed by atoms with E-state index in [0.717, 1.165) is 0 Å². The van der Waals surface area contributed by atoms with Crippen molar-refractivity contribution in [1.29, 1.82) is 0 Å². The minimum absolute atomic E-state index is 0.178. The SMILES string of the molecule is COc1ccc(Cl)cc1NC(=O)CSc1ccc2nnc(C)n2n1. The van der Waals surface area contributed by atoms with Crippen LogP contribution in [0.15, 0.2) is 35.4 Å². The van der Waals surface area contributed by atoms with Gasteiger partial charge in [0.2, 0.25) is 5.91 Å². The van der Waals surface area contributed by atoms with Gasteiger partial charge < -0.3 is 10.1 Å². The number of carbonyl (C=O) groups excluding carboxylic acids is 1. The smallest absolute Gasteiger partial charge is 0.234 e. The number of anilines is 1. The first kappa shape index (κ1) is 16.5. The number of methoxy groups -OCH3 is 1. The predicted molar refractivity (Wildman–Crippen MR) is 92.9 cm³/mol. The van der Waals surface area contributed by atoms with Gasteiger partial charge in [-0.1, -0.05) is 23.4 Å². The number of halogens is 1. The lowest BCUT2D eigenvalue weighted by atomic mass is 10.3. The highest BCUT2D eigenvalue weighted by Gasteiger charge is 2.10. The zero-order valence-corrected chi connectivity index (χ0v) is 14.6. The van der Waals surface area contributed by atoms with Crippen LogP contribution in [0.5, 0.6) is 5.75 Å². The molecule has 7 nitrogen and oxygen atoms in total. The van der Waals surface area contributed by atoms with E-state index >= 15 is 0 Å². The zero-order chi connectivity index (χ0) is 17.1. The van der Waals surface area contributed by atoms with Crippen molar-refractivity contribution in [2.75, 3.05) is 18.2 Å². The van der Waals surface area contributed by atoms with E-state index in [1.807, 2.05) is 13.0 Å². The second kappa shape index (κ2) is 7.06. The molecular formula is C15H14ClN5O2S. The van der Waals surface area contributed by atoms with Crippen LogP contribution in [0.4, 0.5) is 5.69 Å². The van der Waals surface area contributed by atoms with Gasteiger partial charge in [-0.15, -0.1) is 10.2 Å². The van der Waals surface area contributed by atoms with Crippen molar-refractivity contribution >= 4 is 40.6 Å². The van der Waals surface area contributed by atoms with Crippen LogP contribution in [0, 0.1) is 6.92 Å². The van der Waals surface area contributed by atoms with Crippen LogP contribution in [0.3, 0.4) is 0 Å². The Labute approximate surface area is 147 Å². The van der Waals surface area contributed by atoms with Gasteiger partial charge in [0.25, 0.3) is 0 Å². The highest BCUT2D eigenvalue weighted by Crippen LogP contribution is 2.28. The van der Waals surface area contributed by atoms with Crippen molar-refractivity contribution in [2.24, 2.45) is 0 Å². The second-order valence-corrected chi connectivity index (χ2v) is 6.30. The maximum atomic E-state index is 12.2. The number of nitrogens with zero attached hydrogens (tertiary/aromatic N) is 4. The van der Waals surface area contributed by atoms with Crippen molar-refractivity contribution < 1.29 is 9.53 Å². The van der Waals surface area contributed by atoms with Crippen molar-refractivity contribution in [1.82, 2.24) is 19.8 Å². The van der Waals surface area contributed by atoms with Gasteiger partial charge in [-0.25, -0.2) is 0 Å². The van der Waals surface area contributed by atoms with Gasteiger partial charge in [0, 0.05) is 5.02 Å². The summed E-state index contributed by atoms with van der Waals surface area (Å²) in [6, 6.07) is 8.67. The Kier molecular flexibility index (Phi) is 4.86. The molecule has 0 unspecified atom stereocenters. The molecular weight excluding hydrogens is 350 g/mol. The van der Waals surface area contributed by atoms with Gasteiger partial charge >= 0.3 is 0 Å². The van der Waals surface area contributed by atoms with E-state index in [1.54, 1.807) is 28.8 Å². The lowest BCUT2D eigenvalue weighted by molar-refractivity contribution is -0.113. The fraction of sp³-hybridized carbons (Fsp3) is 0.200. The average molecular weight is 364 g/mol. The molecule has 2 aromatic heterocycles. The fourth-order valence-electron chi connectivity index (χ4n) is 2.06. The number of carbonyl (C=O) groups is 1. The minimum atomic E-state index is -0.178. The van der Waals surface area contributed by atoms with Crippen LogP contribution in [-0.2, 0) is 4.79 Å². The van der Waals surface area contributed by atoms with Crippen molar-refractivity contribution in [2.45, 2.75) is 11.9 Å². The molecule has 0 spiro atoms. The number of hydrogen-bond acceptors (Lipinski definition) is 6. The molecule has 0 atom stereocenters. The van der Waals surface area contributed by atoms with E-state index in [0.29, 0.717) is 33.0 Å². The highest BCUT2D eigenvalue weighted by molar-refractivity contribution is 7.99. The summed E-state index contributed by atoms with van der Waals surface area (Å²) in [5.41, 5.74) is 1.21. The molecule has 3 aromatic rings. The van der Waals surface area contributed by atoms with E-state index in [9.17, 15) is 4.79 Å². The lowest BCUT2D eigenvalue weighted by Gasteiger charge is -2.10. The summed E-state index contributed by atoms with van der Waals surface area (Å²) in [6.45, 7) is 1.82. The molecule has 24 heavy (non-hydrogen) atoms. The molecule has 0 radical (unpaired) electrons. The van der Waals surface area contributed by atoms with Gasteiger partial charge in [-0.2, -0.15) is 9.61 Å². The number of fused-ring (bicyclic) bond motifs is 1. The van der Waals surface area contributed by atoms with E-state index in [2.05, 4.69) is 20.6 Å². The lowest BCUT2D eigenvalue weighted by Crippen LogP contribution is -2.15. The Hall–Kier alpha value is -2.32. The maximum Gasteiger partial charge on any atom is 0.234 e. The number of nitrogens with one attached hydrogen (secondary N) is 1. The summed E-state index contributed by atoms with van der Waals surface area (Å²) in [5, 5.41) is 16.3. The second-order valence-electron chi connectivity index (χ2n) is 4.87. The molecule has 0 fully saturated rings. The molecule has 1 aromatic carbocycles. The monoisotopic (exact) mass is 363 g/mol. The van der Waals surface area contributed by atoms with Gasteiger partial charge in [0.15, 0.2) is 11.5 Å². The van der Waals surface area contributed by atoms with Crippen molar-refractivity contribution in [3.8, 4) is 5.75 Å². The number of thioether (sulfide) groups is 1. The normalized spacial score (nSPS) is 10.8. The molecule has 124 valence electrons. The molecule has 0 aliphatic carbocycles. The van der Waals surface area contributed by atoms with Gasteiger partial charge in [0.05, 0.1) is 18.6 Å². The molecule has 0 saturated heterocycles. The third-order valence-corrected chi connectivity index (χ3v) is 4.34. The van der Waals surface area contributed by atoms with E-state index in [4.69, 9.17) is 16.3 Å². The van der Waals surface area contributed by atoms with E-state index in [1.165, 1.54) is 18.9 Å². The highest BCUT2D eigenvalue weighted by atomic mass is 35.5. The van der Waals surface area contributed by atoms with Crippen LogP contribution < -0.4 is 10.1 Å². The third kappa shape index (κ3) is 3.60. The fourth-order valence-corrected chi connectivity index (χ4v) is 2.89. The first-order chi connectivity index (χ1) is 11.6. The minimum Gasteiger partial charge on any atom is -0.495 e. The van der Waals surface area contributed by atoms with E-state index in [-0.39, 0.29) is 11.7 Å². The number of amides is 1. The summed E-state index contributed by atoms with van der Waals surface area (Å²) in [7, 11) is 1.54. The number of hydrogen-bond donors (Lipinski definition) is 1. The van der Waals surface area contributed by atoms with Crippen LogP contribution in [-0.4, -0.2) is 38.6 Å². The number of aryl methyl sites for hydroxylation is 1. The summed E-state index contributed by atoms with van der Waals surface area (Å²) in [4.78, 5) is 12.2. The Morgan fingerprint density at radius 2 is 2.17 bits per heavy atom. The summed E-state index contributed by atoms with van der Waals surface area (Å²) in [6.07, 6.45) is 0. The quantitative estimate of drug-likeness (QED) is 0.702. The Bertz CT molecular complexity index is 899. The molecule has 2 heterocycles. The molecule has 3 rings (SSSR count). The number of rotatable bonds is 5. The molecule has 0 aliphatic rings. The molecule has 1 amide bonds. The Morgan fingerprint density at radius 1 is 1.33 bits per heavy atom. The van der Waals surface area contributed by atoms with Crippen molar-refractivity contribution in [3.05, 3.63) is 41.2 Å². The summed E-state index contributed by atoms with van der Waals surface area (Å²) < 4.78 is 6.85. The molecule has 0 bridgehead atoms. The third-order valence-electron chi connectivity index (χ3n) is 3.18. The topological polar surface area (TPSA) is 81.4 Å². The van der Waals surface area contributed by atoms with Gasteiger partial charge in [0.1, 0.15) is 10.8 Å². The summed E-state index contributed by atoms with van der Waals surface area (Å²) >= 11 is 7.27. The first-order valence-electron chi connectivity index (χ1n) is 7.02. The number of aromatic nitrogens is 4.